The summed E-state index contributed by atoms with van der Waals surface area (Å²) in [5, 5.41) is 8.99. The van der Waals surface area contributed by atoms with E-state index in [1.807, 2.05) is 0 Å². The maximum atomic E-state index is 13.7. The van der Waals surface area contributed by atoms with E-state index in [9.17, 15) is 13.6 Å². The maximum Gasteiger partial charge on any atom is 0.352 e. The second-order valence-electron chi connectivity index (χ2n) is 3.75. The molecule has 0 radical (unpaired) electrons. The van der Waals surface area contributed by atoms with Gasteiger partial charge in [-0.3, -0.25) is 0 Å². The van der Waals surface area contributed by atoms with Gasteiger partial charge >= 0.3 is 5.97 Å². The zero-order chi connectivity index (χ0) is 13.3. The number of benzene rings is 1. The van der Waals surface area contributed by atoms with Gasteiger partial charge in [0.15, 0.2) is 11.6 Å². The standard InChI is InChI=1S/C13H11F2NO2/c1-2-16-10(6-7-11(16)13(17)18)8-4-3-5-9(14)12(8)15/h3-7H,2H2,1H3,(H,17,18). The highest BCUT2D eigenvalue weighted by Crippen LogP contribution is 2.26. The fraction of sp³-hybridized carbons (Fsp3) is 0.154. The lowest BCUT2D eigenvalue weighted by Gasteiger charge is -2.10. The molecule has 0 aliphatic rings. The number of hydrogen-bond acceptors (Lipinski definition) is 1. The molecule has 0 amide bonds. The van der Waals surface area contributed by atoms with E-state index >= 15 is 0 Å². The van der Waals surface area contributed by atoms with Gasteiger partial charge < -0.3 is 9.67 Å². The van der Waals surface area contributed by atoms with Crippen LogP contribution in [0.5, 0.6) is 0 Å². The smallest absolute Gasteiger partial charge is 0.352 e. The van der Waals surface area contributed by atoms with Crippen LogP contribution < -0.4 is 0 Å². The van der Waals surface area contributed by atoms with E-state index in [1.54, 1.807) is 6.92 Å². The van der Waals surface area contributed by atoms with Crippen LogP contribution in [0.25, 0.3) is 11.3 Å². The highest BCUT2D eigenvalue weighted by Gasteiger charge is 2.17. The van der Waals surface area contributed by atoms with Crippen molar-refractivity contribution in [2.75, 3.05) is 0 Å². The van der Waals surface area contributed by atoms with Crippen molar-refractivity contribution in [1.82, 2.24) is 4.57 Å². The molecule has 0 fully saturated rings. The fourth-order valence-corrected chi connectivity index (χ4v) is 1.93. The monoisotopic (exact) mass is 251 g/mol. The van der Waals surface area contributed by atoms with E-state index in [-0.39, 0.29) is 11.3 Å². The summed E-state index contributed by atoms with van der Waals surface area (Å²) < 4.78 is 28.3. The van der Waals surface area contributed by atoms with Gasteiger partial charge in [-0.05, 0) is 31.2 Å². The fourth-order valence-electron chi connectivity index (χ4n) is 1.93. The normalized spacial score (nSPS) is 10.6. The van der Waals surface area contributed by atoms with Gasteiger partial charge in [-0.15, -0.1) is 0 Å². The summed E-state index contributed by atoms with van der Waals surface area (Å²) in [6.45, 7) is 2.10. The largest absolute Gasteiger partial charge is 0.477 e. The van der Waals surface area contributed by atoms with Crippen molar-refractivity contribution in [3.05, 3.63) is 47.7 Å². The molecule has 0 spiro atoms. The first kappa shape index (κ1) is 12.3. The molecule has 0 unspecified atom stereocenters. The van der Waals surface area contributed by atoms with Crippen LogP contribution in [0.3, 0.4) is 0 Å². The van der Waals surface area contributed by atoms with Crippen LogP contribution in [-0.4, -0.2) is 15.6 Å². The molecule has 1 heterocycles. The Morgan fingerprint density at radius 2 is 2.00 bits per heavy atom. The van der Waals surface area contributed by atoms with Crippen LogP contribution in [-0.2, 0) is 6.54 Å². The topological polar surface area (TPSA) is 42.2 Å². The Hall–Kier alpha value is -2.17. The first-order valence-corrected chi connectivity index (χ1v) is 5.43. The lowest BCUT2D eigenvalue weighted by atomic mass is 10.1. The predicted octanol–water partition coefficient (Wildman–Crippen LogP) is 3.15. The van der Waals surface area contributed by atoms with Crippen molar-refractivity contribution >= 4 is 5.97 Å². The minimum absolute atomic E-state index is 0.0520. The van der Waals surface area contributed by atoms with Crippen LogP contribution in [0, 0.1) is 11.6 Å². The second-order valence-corrected chi connectivity index (χ2v) is 3.75. The number of carboxylic acids is 1. The van der Waals surface area contributed by atoms with Gasteiger partial charge in [-0.2, -0.15) is 0 Å². The SMILES string of the molecule is CCn1c(C(=O)O)ccc1-c1cccc(F)c1F. The summed E-state index contributed by atoms with van der Waals surface area (Å²) in [5.41, 5.74) is 0.465. The molecule has 0 aliphatic carbocycles. The van der Waals surface area contributed by atoms with Gasteiger partial charge in [-0.1, -0.05) is 6.07 Å². The first-order chi connectivity index (χ1) is 8.56. The van der Waals surface area contributed by atoms with Gasteiger partial charge in [0.1, 0.15) is 5.69 Å². The summed E-state index contributed by atoms with van der Waals surface area (Å²) in [6.07, 6.45) is 0. The molecule has 0 aliphatic heterocycles. The van der Waals surface area contributed by atoms with Crippen LogP contribution in [0.2, 0.25) is 0 Å². The summed E-state index contributed by atoms with van der Waals surface area (Å²) in [5.74, 6) is -3.02. The Morgan fingerprint density at radius 3 is 2.61 bits per heavy atom. The minimum Gasteiger partial charge on any atom is -0.477 e. The maximum absolute atomic E-state index is 13.7. The number of hydrogen-bond donors (Lipinski definition) is 1. The molecule has 0 atom stereocenters. The first-order valence-electron chi connectivity index (χ1n) is 5.43. The van der Waals surface area contributed by atoms with Gasteiger partial charge in [-0.25, -0.2) is 13.6 Å². The molecule has 0 saturated heterocycles. The minimum atomic E-state index is -1.10. The lowest BCUT2D eigenvalue weighted by Crippen LogP contribution is -2.08. The molecular weight excluding hydrogens is 240 g/mol. The quantitative estimate of drug-likeness (QED) is 0.910. The molecule has 0 bridgehead atoms. The van der Waals surface area contributed by atoms with E-state index in [0.29, 0.717) is 12.2 Å². The third-order valence-corrected chi connectivity index (χ3v) is 2.74. The van der Waals surface area contributed by atoms with Gasteiger partial charge in [0, 0.05) is 12.1 Å². The van der Waals surface area contributed by atoms with E-state index in [0.717, 1.165) is 6.07 Å². The Kier molecular flexibility index (Phi) is 3.14. The van der Waals surface area contributed by atoms with Crippen LogP contribution >= 0.6 is 0 Å². The van der Waals surface area contributed by atoms with Crippen LogP contribution in [0.1, 0.15) is 17.4 Å². The molecule has 1 aromatic heterocycles. The second kappa shape index (κ2) is 4.60. The van der Waals surface area contributed by atoms with Crippen molar-refractivity contribution in [3.8, 4) is 11.3 Å². The van der Waals surface area contributed by atoms with Crippen LogP contribution in [0.4, 0.5) is 8.78 Å². The summed E-state index contributed by atoms with van der Waals surface area (Å²) >= 11 is 0. The van der Waals surface area contributed by atoms with Crippen molar-refractivity contribution in [2.24, 2.45) is 0 Å². The predicted molar refractivity (Wildman–Crippen MR) is 62.4 cm³/mol. The number of nitrogens with zero attached hydrogens (tertiary/aromatic N) is 1. The molecule has 5 heteroatoms. The van der Waals surface area contributed by atoms with Gasteiger partial charge in [0.05, 0.1) is 5.69 Å². The summed E-state index contributed by atoms with van der Waals surface area (Å²) in [7, 11) is 0. The van der Waals surface area contributed by atoms with Crippen molar-refractivity contribution in [2.45, 2.75) is 13.5 Å². The Morgan fingerprint density at radius 1 is 1.28 bits per heavy atom. The zero-order valence-electron chi connectivity index (χ0n) is 9.65. The molecule has 3 nitrogen and oxygen atoms in total. The van der Waals surface area contributed by atoms with Crippen LogP contribution in [0.15, 0.2) is 30.3 Å². The molecule has 1 N–H and O–H groups in total. The number of halogens is 2. The lowest BCUT2D eigenvalue weighted by molar-refractivity contribution is 0.0685. The number of carbonyl (C=O) groups is 1. The molecule has 94 valence electrons. The average molecular weight is 251 g/mol. The highest BCUT2D eigenvalue weighted by atomic mass is 19.2. The molecular formula is C13H11F2NO2. The molecule has 18 heavy (non-hydrogen) atoms. The molecule has 0 saturated carbocycles. The highest BCUT2D eigenvalue weighted by molar-refractivity contribution is 5.87. The number of rotatable bonds is 3. The Bertz CT molecular complexity index is 605. The van der Waals surface area contributed by atoms with Crippen molar-refractivity contribution in [1.29, 1.82) is 0 Å². The third kappa shape index (κ3) is 1.88. The third-order valence-electron chi connectivity index (χ3n) is 2.74. The molecule has 2 aromatic rings. The Labute approximate surface area is 102 Å². The molecule has 1 aromatic carbocycles. The van der Waals surface area contributed by atoms with E-state index in [4.69, 9.17) is 5.11 Å². The van der Waals surface area contributed by atoms with E-state index in [1.165, 1.54) is 28.8 Å². The Balaban J connectivity index is 2.65. The number of aromatic nitrogens is 1. The molecule has 2 rings (SSSR count). The summed E-state index contributed by atoms with van der Waals surface area (Å²) in [6, 6.07) is 6.69. The van der Waals surface area contributed by atoms with Gasteiger partial charge in [0.25, 0.3) is 0 Å². The van der Waals surface area contributed by atoms with Crippen molar-refractivity contribution < 1.29 is 18.7 Å². The number of aromatic carboxylic acids is 1. The van der Waals surface area contributed by atoms with E-state index < -0.39 is 17.6 Å². The average Bonchev–Trinajstić information content (AvgIpc) is 2.76. The van der Waals surface area contributed by atoms with Gasteiger partial charge in [0.2, 0.25) is 0 Å². The number of carboxylic acid groups (broad SMARTS) is 1. The zero-order valence-corrected chi connectivity index (χ0v) is 9.65. The van der Waals surface area contributed by atoms with Crippen molar-refractivity contribution in [3.63, 3.8) is 0 Å². The van der Waals surface area contributed by atoms with E-state index in [2.05, 4.69) is 0 Å². The summed E-state index contributed by atoms with van der Waals surface area (Å²) in [4.78, 5) is 11.0.